The van der Waals surface area contributed by atoms with Crippen LogP contribution in [0.2, 0.25) is 0 Å². The number of hydrogen-bond donors (Lipinski definition) is 2. The van der Waals surface area contributed by atoms with E-state index in [-0.39, 0.29) is 31.6 Å². The number of amides is 1. The Bertz CT molecular complexity index is 862. The Morgan fingerprint density at radius 1 is 0.500 bits per heavy atom. The first-order valence-electron chi connectivity index (χ1n) is 21.8. The van der Waals surface area contributed by atoms with Crippen molar-refractivity contribution in [1.29, 1.82) is 0 Å². The van der Waals surface area contributed by atoms with Crippen molar-refractivity contribution in [1.82, 2.24) is 10.6 Å². The van der Waals surface area contributed by atoms with Gasteiger partial charge in [-0.2, -0.15) is 0 Å². The standard InChI is InChI=1S/C44H82N2O6/c1-4-7-9-11-13-15-17-19-21-23-25-27-29-31-33-35-42(47)50-39-37-41(46-44(49)51-40-38-45-6-3)52-43(48)36-34-32-30-28-26-24-22-20-18-16-14-12-10-8-5-2/h19-22,41,45H,4-18,23-40H2,1-3H3,(H,46,49). The molecule has 304 valence electrons. The van der Waals surface area contributed by atoms with Gasteiger partial charge in [-0.05, 0) is 70.8 Å². The molecule has 1 amide bonds. The number of unbranched alkanes of at least 4 members (excludes halogenated alkanes) is 22. The van der Waals surface area contributed by atoms with Crippen LogP contribution in [-0.2, 0) is 23.8 Å². The van der Waals surface area contributed by atoms with E-state index in [9.17, 15) is 14.4 Å². The van der Waals surface area contributed by atoms with Gasteiger partial charge in [-0.3, -0.25) is 14.9 Å². The Morgan fingerprint density at radius 3 is 1.38 bits per heavy atom. The molecule has 8 heteroatoms. The molecule has 0 rings (SSSR count). The Balaban J connectivity index is 4.13. The molecule has 2 N–H and O–H groups in total. The number of carbonyl (C=O) groups is 3. The fraction of sp³-hybridized carbons (Fsp3) is 0.841. The normalized spacial score (nSPS) is 12.1. The van der Waals surface area contributed by atoms with Gasteiger partial charge in [0.15, 0.2) is 6.23 Å². The number of alkyl carbamates (subject to hydrolysis) is 1. The molecule has 0 aliphatic heterocycles. The minimum absolute atomic E-state index is 0.0624. The topological polar surface area (TPSA) is 103 Å². The lowest BCUT2D eigenvalue weighted by Crippen LogP contribution is -2.40. The summed E-state index contributed by atoms with van der Waals surface area (Å²) in [6.07, 6.45) is 39.8. The largest absolute Gasteiger partial charge is 0.465 e. The van der Waals surface area contributed by atoms with Crippen molar-refractivity contribution < 1.29 is 28.6 Å². The predicted molar refractivity (Wildman–Crippen MR) is 217 cm³/mol. The fourth-order valence-corrected chi connectivity index (χ4v) is 5.98. The highest BCUT2D eigenvalue weighted by atomic mass is 16.6. The van der Waals surface area contributed by atoms with Gasteiger partial charge in [0, 0.05) is 25.8 Å². The third-order valence-electron chi connectivity index (χ3n) is 9.24. The van der Waals surface area contributed by atoms with Crippen molar-refractivity contribution in [2.75, 3.05) is 26.3 Å². The maximum atomic E-state index is 12.6. The van der Waals surface area contributed by atoms with Gasteiger partial charge in [0.05, 0.1) is 6.61 Å². The van der Waals surface area contributed by atoms with Crippen LogP contribution in [0.25, 0.3) is 0 Å². The van der Waals surface area contributed by atoms with Gasteiger partial charge >= 0.3 is 18.0 Å². The molecule has 1 unspecified atom stereocenters. The van der Waals surface area contributed by atoms with Crippen molar-refractivity contribution in [3.05, 3.63) is 24.3 Å². The molecule has 8 nitrogen and oxygen atoms in total. The quantitative estimate of drug-likeness (QED) is 0.0213. The lowest BCUT2D eigenvalue weighted by molar-refractivity contribution is -0.152. The lowest BCUT2D eigenvalue weighted by Gasteiger charge is -2.19. The Kier molecular flexibility index (Phi) is 39.5. The highest BCUT2D eigenvalue weighted by molar-refractivity contribution is 5.71. The summed E-state index contributed by atoms with van der Waals surface area (Å²) in [7, 11) is 0. The molecule has 0 aliphatic carbocycles. The van der Waals surface area contributed by atoms with Crippen LogP contribution in [0, 0.1) is 0 Å². The zero-order valence-corrected chi connectivity index (χ0v) is 34.2. The molecule has 52 heavy (non-hydrogen) atoms. The van der Waals surface area contributed by atoms with Gasteiger partial charge in [0.1, 0.15) is 6.61 Å². The van der Waals surface area contributed by atoms with E-state index in [1.54, 1.807) is 0 Å². The van der Waals surface area contributed by atoms with Gasteiger partial charge < -0.3 is 19.5 Å². The van der Waals surface area contributed by atoms with E-state index in [4.69, 9.17) is 14.2 Å². The van der Waals surface area contributed by atoms with Gasteiger partial charge in [-0.15, -0.1) is 0 Å². The molecule has 0 aliphatic rings. The minimum Gasteiger partial charge on any atom is -0.465 e. The molecule has 1 atom stereocenters. The fourth-order valence-electron chi connectivity index (χ4n) is 5.98. The maximum absolute atomic E-state index is 12.6. The molecular formula is C44H82N2O6. The summed E-state index contributed by atoms with van der Waals surface area (Å²) in [5.74, 6) is -0.626. The number of esters is 2. The van der Waals surface area contributed by atoms with Crippen LogP contribution >= 0.6 is 0 Å². The average molecular weight is 735 g/mol. The first kappa shape index (κ1) is 49.6. The Labute approximate surface area is 320 Å². The predicted octanol–water partition coefficient (Wildman–Crippen LogP) is 12.2. The van der Waals surface area contributed by atoms with Crippen LogP contribution in [0.4, 0.5) is 4.79 Å². The maximum Gasteiger partial charge on any atom is 0.410 e. The lowest BCUT2D eigenvalue weighted by atomic mass is 10.1. The number of nitrogens with one attached hydrogen (secondary N) is 2. The molecule has 0 aromatic carbocycles. The zero-order valence-electron chi connectivity index (χ0n) is 34.2. The molecule has 0 saturated heterocycles. The Morgan fingerprint density at radius 2 is 0.923 bits per heavy atom. The molecule has 0 bridgehead atoms. The summed E-state index contributed by atoms with van der Waals surface area (Å²) in [5, 5.41) is 5.71. The number of allylic oxidation sites excluding steroid dienone is 4. The number of likely N-dealkylation sites (N-methyl/N-ethyl adjacent to an activating group) is 1. The summed E-state index contributed by atoms with van der Waals surface area (Å²) >= 11 is 0. The SMILES string of the molecule is CCCCCCCCC=CCCCCCCCC(=O)OCCC(NC(=O)OCCNCC)OC(=O)CCCCCCCC=CCCCCCCCC. The molecule has 0 aromatic heterocycles. The van der Waals surface area contributed by atoms with Gasteiger partial charge in [-0.1, -0.05) is 148 Å². The van der Waals surface area contributed by atoms with Crippen molar-refractivity contribution in [3.63, 3.8) is 0 Å². The van der Waals surface area contributed by atoms with Crippen molar-refractivity contribution >= 4 is 18.0 Å². The van der Waals surface area contributed by atoms with Crippen LogP contribution in [0.3, 0.4) is 0 Å². The van der Waals surface area contributed by atoms with Crippen LogP contribution in [-0.4, -0.2) is 50.6 Å². The zero-order chi connectivity index (χ0) is 38.0. The van der Waals surface area contributed by atoms with Gasteiger partial charge in [-0.25, -0.2) is 4.79 Å². The smallest absolute Gasteiger partial charge is 0.410 e. The molecule has 0 spiro atoms. The number of hydrogen-bond acceptors (Lipinski definition) is 7. The molecule has 0 heterocycles. The van der Waals surface area contributed by atoms with E-state index in [0.717, 1.165) is 64.3 Å². The highest BCUT2D eigenvalue weighted by Gasteiger charge is 2.19. The summed E-state index contributed by atoms with van der Waals surface area (Å²) in [6.45, 7) is 8.08. The van der Waals surface area contributed by atoms with Crippen LogP contribution in [0.15, 0.2) is 24.3 Å². The second-order valence-corrected chi connectivity index (χ2v) is 14.3. The number of ether oxygens (including phenoxy) is 3. The van der Waals surface area contributed by atoms with Gasteiger partial charge in [0.25, 0.3) is 0 Å². The molecule has 0 aromatic rings. The molecular weight excluding hydrogens is 652 g/mol. The third-order valence-corrected chi connectivity index (χ3v) is 9.24. The first-order valence-corrected chi connectivity index (χ1v) is 21.8. The van der Waals surface area contributed by atoms with Crippen LogP contribution < -0.4 is 10.6 Å². The van der Waals surface area contributed by atoms with E-state index >= 15 is 0 Å². The molecule has 0 radical (unpaired) electrons. The summed E-state index contributed by atoms with van der Waals surface area (Å²) in [4.78, 5) is 37.2. The molecule has 0 saturated carbocycles. The second-order valence-electron chi connectivity index (χ2n) is 14.3. The summed E-state index contributed by atoms with van der Waals surface area (Å²) in [5.41, 5.74) is 0. The van der Waals surface area contributed by atoms with Gasteiger partial charge in [0.2, 0.25) is 0 Å². The number of carbonyl (C=O) groups excluding carboxylic acids is 3. The average Bonchev–Trinajstić information content (AvgIpc) is 3.13. The highest BCUT2D eigenvalue weighted by Crippen LogP contribution is 2.13. The Hall–Kier alpha value is -2.35. The van der Waals surface area contributed by atoms with E-state index in [1.165, 1.54) is 109 Å². The van der Waals surface area contributed by atoms with E-state index < -0.39 is 12.3 Å². The summed E-state index contributed by atoms with van der Waals surface area (Å²) in [6, 6.07) is 0. The van der Waals surface area contributed by atoms with Crippen LogP contribution in [0.5, 0.6) is 0 Å². The third kappa shape index (κ3) is 38.9. The summed E-state index contributed by atoms with van der Waals surface area (Å²) < 4.78 is 16.2. The van der Waals surface area contributed by atoms with Crippen molar-refractivity contribution in [2.24, 2.45) is 0 Å². The van der Waals surface area contributed by atoms with E-state index in [1.807, 2.05) is 6.92 Å². The monoisotopic (exact) mass is 735 g/mol. The number of rotatable bonds is 39. The van der Waals surface area contributed by atoms with E-state index in [0.29, 0.717) is 19.4 Å². The van der Waals surface area contributed by atoms with Crippen LogP contribution in [0.1, 0.15) is 207 Å². The van der Waals surface area contributed by atoms with Crippen molar-refractivity contribution in [2.45, 2.75) is 213 Å². The first-order chi connectivity index (χ1) is 25.5. The minimum atomic E-state index is -0.907. The molecule has 0 fully saturated rings. The second kappa shape index (κ2) is 41.4. The van der Waals surface area contributed by atoms with Crippen molar-refractivity contribution in [3.8, 4) is 0 Å². The van der Waals surface area contributed by atoms with E-state index in [2.05, 4.69) is 48.8 Å².